The molecule has 0 atom stereocenters. The van der Waals surface area contributed by atoms with Gasteiger partial charge in [-0.3, -0.25) is 19.2 Å². The number of benzene rings is 2. The Labute approximate surface area is 223 Å². The molecule has 1 heterocycles. The van der Waals surface area contributed by atoms with Gasteiger partial charge in [0.05, 0.1) is 6.42 Å². The fourth-order valence-electron chi connectivity index (χ4n) is 5.23. The van der Waals surface area contributed by atoms with E-state index in [2.05, 4.69) is 10.6 Å². The molecule has 4 amide bonds. The van der Waals surface area contributed by atoms with E-state index in [1.54, 1.807) is 29.2 Å². The molecule has 2 N–H and O–H groups in total. The number of amides is 4. The number of nitrogens with zero attached hydrogens (tertiary/aromatic N) is 2. The summed E-state index contributed by atoms with van der Waals surface area (Å²) in [5, 5.41) is 5.87. The molecule has 2 aromatic rings. The number of hydrogen-bond acceptors (Lipinski definition) is 4. The summed E-state index contributed by atoms with van der Waals surface area (Å²) in [5.41, 5.74) is 2.57. The highest BCUT2D eigenvalue weighted by atomic mass is 16.2. The minimum Gasteiger partial charge on any atom is -0.342 e. The average Bonchev–Trinajstić information content (AvgIpc) is 3.73. The number of rotatable bonds is 8. The van der Waals surface area contributed by atoms with E-state index in [9.17, 15) is 19.2 Å². The van der Waals surface area contributed by atoms with Crippen molar-refractivity contribution in [3.63, 3.8) is 0 Å². The molecule has 8 heteroatoms. The van der Waals surface area contributed by atoms with Crippen LogP contribution in [0.4, 0.5) is 11.4 Å². The second-order valence-electron chi connectivity index (χ2n) is 10.9. The van der Waals surface area contributed by atoms with E-state index in [1.807, 2.05) is 36.2 Å². The fourth-order valence-corrected chi connectivity index (χ4v) is 5.23. The van der Waals surface area contributed by atoms with Crippen molar-refractivity contribution in [1.29, 1.82) is 0 Å². The minimum absolute atomic E-state index is 0.0392. The van der Waals surface area contributed by atoms with Crippen LogP contribution in [0.5, 0.6) is 0 Å². The number of carbonyl (C=O) groups is 4. The Balaban J connectivity index is 1.11. The lowest BCUT2D eigenvalue weighted by Gasteiger charge is -2.36. The van der Waals surface area contributed by atoms with Crippen molar-refractivity contribution in [2.24, 2.45) is 11.8 Å². The number of nitrogens with one attached hydrogen (secondary N) is 2. The third-order valence-electron chi connectivity index (χ3n) is 8.00. The lowest BCUT2D eigenvalue weighted by molar-refractivity contribution is -0.140. The maximum absolute atomic E-state index is 12.9. The van der Waals surface area contributed by atoms with E-state index >= 15 is 0 Å². The molecule has 1 aliphatic heterocycles. The molecule has 0 spiro atoms. The first-order valence-corrected chi connectivity index (χ1v) is 13.7. The van der Waals surface area contributed by atoms with Crippen LogP contribution in [0.2, 0.25) is 0 Å². The first kappa shape index (κ1) is 25.9. The number of anilines is 2. The molecule has 3 fully saturated rings. The van der Waals surface area contributed by atoms with Crippen LogP contribution in [-0.4, -0.2) is 59.6 Å². The van der Waals surface area contributed by atoms with Crippen LogP contribution in [0, 0.1) is 11.8 Å². The molecule has 0 aromatic heterocycles. The molecule has 2 aliphatic carbocycles. The highest BCUT2D eigenvalue weighted by Crippen LogP contribution is 2.30. The molecule has 38 heavy (non-hydrogen) atoms. The summed E-state index contributed by atoms with van der Waals surface area (Å²) in [6.07, 6.45) is 6.70. The standard InChI is InChI=1S/C30H36N4O4/c1-33(26-11-12-26)29(37)23-8-4-10-25(19-23)31-27(35)18-20-5-2-9-24(17-20)32-28(36)21-13-15-34(16-14-21)30(38)22-6-3-7-22/h2,4-5,8-10,17,19,21-22,26H,3,6-7,11-16,18H2,1H3,(H,31,35)(H,32,36). The number of hydrogen-bond donors (Lipinski definition) is 2. The zero-order valence-corrected chi connectivity index (χ0v) is 21.9. The highest BCUT2D eigenvalue weighted by molar-refractivity contribution is 5.98. The quantitative estimate of drug-likeness (QED) is 0.552. The predicted molar refractivity (Wildman–Crippen MR) is 146 cm³/mol. The summed E-state index contributed by atoms with van der Waals surface area (Å²) in [7, 11) is 1.82. The summed E-state index contributed by atoms with van der Waals surface area (Å²) in [6.45, 7) is 1.27. The van der Waals surface area contributed by atoms with Gasteiger partial charge in [0.2, 0.25) is 17.7 Å². The lowest BCUT2D eigenvalue weighted by atomic mass is 9.83. The van der Waals surface area contributed by atoms with Gasteiger partial charge in [0.1, 0.15) is 0 Å². The normalized spacial score (nSPS) is 17.9. The maximum Gasteiger partial charge on any atom is 0.253 e. The van der Waals surface area contributed by atoms with Gasteiger partial charge in [-0.05, 0) is 74.4 Å². The molecule has 0 bridgehead atoms. The summed E-state index contributed by atoms with van der Waals surface area (Å²) in [4.78, 5) is 54.4. The highest BCUT2D eigenvalue weighted by Gasteiger charge is 2.33. The second-order valence-corrected chi connectivity index (χ2v) is 10.9. The topological polar surface area (TPSA) is 98.8 Å². The second kappa shape index (κ2) is 11.4. The van der Waals surface area contributed by atoms with Gasteiger partial charge < -0.3 is 20.4 Å². The molecule has 0 radical (unpaired) electrons. The van der Waals surface area contributed by atoms with Gasteiger partial charge >= 0.3 is 0 Å². The van der Waals surface area contributed by atoms with Gasteiger partial charge in [-0.15, -0.1) is 0 Å². The largest absolute Gasteiger partial charge is 0.342 e. The Bertz CT molecular complexity index is 1210. The molecule has 1 saturated heterocycles. The van der Waals surface area contributed by atoms with E-state index in [1.165, 1.54) is 0 Å². The molecule has 5 rings (SSSR count). The van der Waals surface area contributed by atoms with Gasteiger partial charge in [-0.1, -0.05) is 24.6 Å². The molecule has 3 aliphatic rings. The van der Waals surface area contributed by atoms with Gasteiger partial charge in [-0.2, -0.15) is 0 Å². The molecule has 200 valence electrons. The third kappa shape index (κ3) is 6.23. The van der Waals surface area contributed by atoms with Crippen molar-refractivity contribution in [3.05, 3.63) is 59.7 Å². The first-order chi connectivity index (χ1) is 18.4. The van der Waals surface area contributed by atoms with Crippen molar-refractivity contribution in [2.45, 2.75) is 57.4 Å². The van der Waals surface area contributed by atoms with E-state index in [0.29, 0.717) is 48.9 Å². The van der Waals surface area contributed by atoms with Gasteiger partial charge in [0, 0.05) is 55.0 Å². The molecule has 0 unspecified atom stereocenters. The lowest BCUT2D eigenvalue weighted by Crippen LogP contribution is -2.45. The zero-order valence-electron chi connectivity index (χ0n) is 21.9. The van der Waals surface area contributed by atoms with Crippen LogP contribution in [-0.2, 0) is 20.8 Å². The van der Waals surface area contributed by atoms with Gasteiger partial charge in [-0.25, -0.2) is 0 Å². The summed E-state index contributed by atoms with van der Waals surface area (Å²) in [6, 6.07) is 14.6. The zero-order chi connectivity index (χ0) is 26.6. The summed E-state index contributed by atoms with van der Waals surface area (Å²) in [5.74, 6) is 0.0481. The van der Waals surface area contributed by atoms with Crippen LogP contribution in [0.25, 0.3) is 0 Å². The van der Waals surface area contributed by atoms with Crippen molar-refractivity contribution < 1.29 is 19.2 Å². The van der Waals surface area contributed by atoms with Crippen LogP contribution >= 0.6 is 0 Å². The predicted octanol–water partition coefficient (Wildman–Crippen LogP) is 4.08. The monoisotopic (exact) mass is 516 g/mol. The minimum atomic E-state index is -0.197. The smallest absolute Gasteiger partial charge is 0.253 e. The van der Waals surface area contributed by atoms with E-state index < -0.39 is 0 Å². The summed E-state index contributed by atoms with van der Waals surface area (Å²) < 4.78 is 0. The Morgan fingerprint density at radius 3 is 2.18 bits per heavy atom. The Hall–Kier alpha value is -3.68. The van der Waals surface area contributed by atoms with E-state index in [0.717, 1.165) is 37.7 Å². The average molecular weight is 517 g/mol. The molecular formula is C30H36N4O4. The van der Waals surface area contributed by atoms with Crippen LogP contribution in [0.15, 0.2) is 48.5 Å². The van der Waals surface area contributed by atoms with Gasteiger partial charge in [0.25, 0.3) is 5.91 Å². The number of likely N-dealkylation sites (tertiary alicyclic amines) is 1. The van der Waals surface area contributed by atoms with Crippen LogP contribution < -0.4 is 10.6 Å². The van der Waals surface area contributed by atoms with Crippen molar-refractivity contribution in [3.8, 4) is 0 Å². The Morgan fingerprint density at radius 2 is 1.53 bits per heavy atom. The third-order valence-corrected chi connectivity index (χ3v) is 8.00. The van der Waals surface area contributed by atoms with E-state index in [-0.39, 0.29) is 41.9 Å². The van der Waals surface area contributed by atoms with E-state index in [4.69, 9.17) is 0 Å². The number of carbonyl (C=O) groups excluding carboxylic acids is 4. The molecule has 2 aromatic carbocycles. The Kier molecular flexibility index (Phi) is 7.77. The molecule has 8 nitrogen and oxygen atoms in total. The van der Waals surface area contributed by atoms with Crippen molar-refractivity contribution in [1.82, 2.24) is 9.80 Å². The SMILES string of the molecule is CN(C(=O)c1cccc(NC(=O)Cc2cccc(NC(=O)C3CCN(C(=O)C4CCC4)CC3)c2)c1)C1CC1. The molecule has 2 saturated carbocycles. The Morgan fingerprint density at radius 1 is 0.842 bits per heavy atom. The number of piperidine rings is 1. The maximum atomic E-state index is 12.9. The molecular weight excluding hydrogens is 480 g/mol. The van der Waals surface area contributed by atoms with Crippen molar-refractivity contribution >= 4 is 35.0 Å². The van der Waals surface area contributed by atoms with Crippen molar-refractivity contribution in [2.75, 3.05) is 30.8 Å². The summed E-state index contributed by atoms with van der Waals surface area (Å²) >= 11 is 0. The first-order valence-electron chi connectivity index (χ1n) is 13.7. The fraction of sp³-hybridized carbons (Fsp3) is 0.467. The van der Waals surface area contributed by atoms with Gasteiger partial charge in [0.15, 0.2) is 0 Å². The van der Waals surface area contributed by atoms with Crippen LogP contribution in [0.3, 0.4) is 0 Å². The van der Waals surface area contributed by atoms with Crippen LogP contribution in [0.1, 0.15) is 60.9 Å².